The molecule has 0 aliphatic heterocycles. The Labute approximate surface area is 125 Å². The van der Waals surface area contributed by atoms with E-state index in [9.17, 15) is 14.5 Å². The summed E-state index contributed by atoms with van der Waals surface area (Å²) in [5, 5.41) is 13.6. The van der Waals surface area contributed by atoms with Crippen LogP contribution in [-0.4, -0.2) is 4.92 Å². The molecule has 5 nitrogen and oxygen atoms in total. The maximum absolute atomic E-state index is 13.3. The van der Waals surface area contributed by atoms with Gasteiger partial charge >= 0.3 is 0 Å². The predicted molar refractivity (Wildman–Crippen MR) is 79.7 cm³/mol. The molecule has 0 aliphatic rings. The molecule has 0 unspecified atom stereocenters. The number of halogens is 2. The van der Waals surface area contributed by atoms with Crippen molar-refractivity contribution in [3.8, 4) is 0 Å². The maximum atomic E-state index is 13.3. The van der Waals surface area contributed by atoms with Crippen LogP contribution in [0.1, 0.15) is 11.1 Å². The Kier molecular flexibility index (Phi) is 4.72. The molecule has 2 aromatic carbocycles. The molecule has 0 amide bonds. The molecule has 2 aromatic rings. The van der Waals surface area contributed by atoms with Crippen LogP contribution in [0, 0.1) is 15.9 Å². The highest BCUT2D eigenvalue weighted by atomic mass is 35.5. The van der Waals surface area contributed by atoms with Gasteiger partial charge in [-0.1, -0.05) is 35.9 Å². The number of nitro benzene ring substituents is 1. The summed E-state index contributed by atoms with van der Waals surface area (Å²) < 4.78 is 13.3. The van der Waals surface area contributed by atoms with E-state index < -0.39 is 10.7 Å². The van der Waals surface area contributed by atoms with E-state index in [0.29, 0.717) is 13.1 Å². The number of hydrogen-bond acceptors (Lipinski definition) is 4. The minimum atomic E-state index is -0.818. The van der Waals surface area contributed by atoms with E-state index in [1.807, 2.05) is 24.3 Å². The van der Waals surface area contributed by atoms with Crippen molar-refractivity contribution in [3.63, 3.8) is 0 Å². The van der Waals surface area contributed by atoms with Gasteiger partial charge in [-0.15, -0.1) is 0 Å². The molecule has 3 N–H and O–H groups in total. The first-order valence-electron chi connectivity index (χ1n) is 6.16. The molecule has 0 atom stereocenters. The van der Waals surface area contributed by atoms with E-state index in [1.54, 1.807) is 0 Å². The monoisotopic (exact) mass is 309 g/mol. The lowest BCUT2D eigenvalue weighted by molar-refractivity contribution is -0.384. The van der Waals surface area contributed by atoms with Crippen LogP contribution in [-0.2, 0) is 13.1 Å². The molecule has 0 spiro atoms. The van der Waals surface area contributed by atoms with Crippen LogP contribution in [0.15, 0.2) is 36.4 Å². The summed E-state index contributed by atoms with van der Waals surface area (Å²) in [6, 6.07) is 9.51. The van der Waals surface area contributed by atoms with Crippen LogP contribution in [0.25, 0.3) is 0 Å². The van der Waals surface area contributed by atoms with Crippen molar-refractivity contribution >= 4 is 23.0 Å². The molecule has 0 fully saturated rings. The van der Waals surface area contributed by atoms with E-state index in [1.165, 1.54) is 6.07 Å². The molecule has 110 valence electrons. The molecule has 0 radical (unpaired) electrons. The van der Waals surface area contributed by atoms with E-state index in [4.69, 9.17) is 17.3 Å². The van der Waals surface area contributed by atoms with E-state index in [-0.39, 0.29) is 16.4 Å². The topological polar surface area (TPSA) is 81.2 Å². The molecular weight excluding hydrogens is 297 g/mol. The third-order valence-electron chi connectivity index (χ3n) is 2.98. The standard InChI is InChI=1S/C14H13ClFN3O2/c15-11-5-13(14(19(20)21)6-12(11)16)18-8-10-3-1-9(7-17)2-4-10/h1-6,18H,7-8,17H2. The highest BCUT2D eigenvalue weighted by molar-refractivity contribution is 6.31. The average molecular weight is 310 g/mol. The van der Waals surface area contributed by atoms with Crippen molar-refractivity contribution in [3.05, 3.63) is 68.5 Å². The lowest BCUT2D eigenvalue weighted by Crippen LogP contribution is -2.04. The lowest BCUT2D eigenvalue weighted by atomic mass is 10.1. The largest absolute Gasteiger partial charge is 0.375 e. The van der Waals surface area contributed by atoms with Gasteiger partial charge in [0.2, 0.25) is 0 Å². The van der Waals surface area contributed by atoms with E-state index in [2.05, 4.69) is 5.32 Å². The summed E-state index contributed by atoms with van der Waals surface area (Å²) in [4.78, 5) is 10.3. The van der Waals surface area contributed by atoms with Gasteiger partial charge in [0.05, 0.1) is 16.0 Å². The summed E-state index contributed by atoms with van der Waals surface area (Å²) >= 11 is 5.66. The van der Waals surface area contributed by atoms with Gasteiger partial charge in [0.1, 0.15) is 11.5 Å². The summed E-state index contributed by atoms with van der Waals surface area (Å²) in [6.45, 7) is 0.806. The zero-order valence-electron chi connectivity index (χ0n) is 11.0. The number of anilines is 1. The number of nitro groups is 1. The molecular formula is C14H13ClFN3O2. The van der Waals surface area contributed by atoms with Crippen LogP contribution >= 0.6 is 11.6 Å². The van der Waals surface area contributed by atoms with Crippen LogP contribution in [0.3, 0.4) is 0 Å². The fourth-order valence-electron chi connectivity index (χ4n) is 1.82. The Bertz CT molecular complexity index is 662. The first kappa shape index (κ1) is 15.2. The Morgan fingerprint density at radius 3 is 2.43 bits per heavy atom. The van der Waals surface area contributed by atoms with Gasteiger partial charge in [-0.05, 0) is 17.2 Å². The van der Waals surface area contributed by atoms with Gasteiger partial charge in [0, 0.05) is 13.1 Å². The molecule has 0 aromatic heterocycles. The van der Waals surface area contributed by atoms with Crippen molar-refractivity contribution in [2.45, 2.75) is 13.1 Å². The summed E-state index contributed by atoms with van der Waals surface area (Å²) in [7, 11) is 0. The van der Waals surface area contributed by atoms with Crippen molar-refractivity contribution in [2.24, 2.45) is 5.73 Å². The number of nitrogens with zero attached hydrogens (tertiary/aromatic N) is 1. The molecule has 0 saturated carbocycles. The number of rotatable bonds is 5. The van der Waals surface area contributed by atoms with Crippen molar-refractivity contribution < 1.29 is 9.31 Å². The van der Waals surface area contributed by atoms with Gasteiger partial charge in [-0.2, -0.15) is 0 Å². The molecule has 2 rings (SSSR count). The van der Waals surface area contributed by atoms with Gasteiger partial charge < -0.3 is 11.1 Å². The zero-order chi connectivity index (χ0) is 15.4. The Morgan fingerprint density at radius 1 is 1.24 bits per heavy atom. The molecule has 0 saturated heterocycles. The molecule has 0 heterocycles. The zero-order valence-corrected chi connectivity index (χ0v) is 11.7. The molecule has 0 aliphatic carbocycles. The minimum absolute atomic E-state index is 0.165. The van der Waals surface area contributed by atoms with Crippen molar-refractivity contribution in [1.29, 1.82) is 0 Å². The highest BCUT2D eigenvalue weighted by Crippen LogP contribution is 2.30. The fourth-order valence-corrected chi connectivity index (χ4v) is 1.98. The second-order valence-corrected chi connectivity index (χ2v) is 4.82. The number of nitrogens with two attached hydrogens (primary N) is 1. The Balaban J connectivity index is 2.18. The highest BCUT2D eigenvalue weighted by Gasteiger charge is 2.17. The summed E-state index contributed by atoms with van der Waals surface area (Å²) in [5.74, 6) is -0.818. The van der Waals surface area contributed by atoms with Crippen LogP contribution in [0.4, 0.5) is 15.8 Å². The minimum Gasteiger partial charge on any atom is -0.375 e. The smallest absolute Gasteiger partial charge is 0.295 e. The van der Waals surface area contributed by atoms with Crippen LogP contribution in [0.2, 0.25) is 5.02 Å². The summed E-state index contributed by atoms with van der Waals surface area (Å²) in [5.41, 5.74) is 7.25. The average Bonchev–Trinajstić information content (AvgIpc) is 2.48. The quantitative estimate of drug-likeness (QED) is 0.654. The Morgan fingerprint density at radius 2 is 1.86 bits per heavy atom. The van der Waals surface area contributed by atoms with Gasteiger partial charge in [-0.25, -0.2) is 4.39 Å². The third-order valence-corrected chi connectivity index (χ3v) is 3.27. The molecule has 0 bridgehead atoms. The second-order valence-electron chi connectivity index (χ2n) is 4.41. The fraction of sp³-hybridized carbons (Fsp3) is 0.143. The number of hydrogen-bond donors (Lipinski definition) is 2. The van der Waals surface area contributed by atoms with Gasteiger partial charge in [0.15, 0.2) is 0 Å². The number of benzene rings is 2. The van der Waals surface area contributed by atoms with E-state index in [0.717, 1.165) is 17.2 Å². The molecule has 21 heavy (non-hydrogen) atoms. The normalized spacial score (nSPS) is 10.4. The first-order valence-corrected chi connectivity index (χ1v) is 6.54. The van der Waals surface area contributed by atoms with Crippen LogP contribution < -0.4 is 11.1 Å². The summed E-state index contributed by atoms with van der Waals surface area (Å²) in [6.07, 6.45) is 0. The predicted octanol–water partition coefficient (Wildman–Crippen LogP) is 3.46. The first-order chi connectivity index (χ1) is 10.0. The van der Waals surface area contributed by atoms with Gasteiger partial charge in [0.25, 0.3) is 5.69 Å². The third kappa shape index (κ3) is 3.68. The van der Waals surface area contributed by atoms with Crippen molar-refractivity contribution in [2.75, 3.05) is 5.32 Å². The molecule has 7 heteroatoms. The van der Waals surface area contributed by atoms with Crippen LogP contribution in [0.5, 0.6) is 0 Å². The SMILES string of the molecule is NCc1ccc(CNc2cc(Cl)c(F)cc2[N+](=O)[O-])cc1. The maximum Gasteiger partial charge on any atom is 0.295 e. The van der Waals surface area contributed by atoms with E-state index >= 15 is 0 Å². The number of nitrogens with one attached hydrogen (secondary N) is 1. The van der Waals surface area contributed by atoms with Crippen molar-refractivity contribution in [1.82, 2.24) is 0 Å². The Hall–Kier alpha value is -2.18. The second kappa shape index (κ2) is 6.51. The lowest BCUT2D eigenvalue weighted by Gasteiger charge is -2.09. The van der Waals surface area contributed by atoms with Gasteiger partial charge in [-0.3, -0.25) is 10.1 Å².